The third-order valence-electron chi connectivity index (χ3n) is 2.76. The van der Waals surface area contributed by atoms with Crippen molar-refractivity contribution in [3.05, 3.63) is 50.3 Å². The number of nitrogens with one attached hydrogen (secondary N) is 1. The van der Waals surface area contributed by atoms with Crippen LogP contribution in [0.3, 0.4) is 0 Å². The van der Waals surface area contributed by atoms with Crippen LogP contribution >= 0.6 is 34.2 Å². The summed E-state index contributed by atoms with van der Waals surface area (Å²) in [4.78, 5) is -0.0628. The Kier molecular flexibility index (Phi) is 4.64. The first-order chi connectivity index (χ1) is 9.70. The van der Waals surface area contributed by atoms with Crippen molar-refractivity contribution in [3.63, 3.8) is 0 Å². The quantitative estimate of drug-likeness (QED) is 0.564. The minimum atomic E-state index is -3.86. The molecule has 0 aliphatic carbocycles. The van der Waals surface area contributed by atoms with Crippen LogP contribution in [-0.4, -0.2) is 8.42 Å². The van der Waals surface area contributed by atoms with Crippen LogP contribution < -0.4 is 10.5 Å². The Morgan fingerprint density at radius 1 is 1.29 bits per heavy atom. The lowest BCUT2D eigenvalue weighted by atomic mass is 10.2. The average Bonchev–Trinajstić information content (AvgIpc) is 2.37. The monoisotopic (exact) mass is 440 g/mol. The highest BCUT2D eigenvalue weighted by Crippen LogP contribution is 2.27. The predicted molar refractivity (Wildman–Crippen MR) is 90.5 cm³/mol. The van der Waals surface area contributed by atoms with Crippen LogP contribution in [-0.2, 0) is 10.0 Å². The summed E-state index contributed by atoms with van der Waals surface area (Å²) in [6, 6.07) is 6.97. The number of nitrogens with two attached hydrogens (primary N) is 1. The van der Waals surface area contributed by atoms with E-state index in [0.29, 0.717) is 14.3 Å². The molecule has 0 unspecified atom stereocenters. The van der Waals surface area contributed by atoms with E-state index in [2.05, 4.69) is 4.72 Å². The van der Waals surface area contributed by atoms with E-state index >= 15 is 0 Å². The van der Waals surface area contributed by atoms with Crippen molar-refractivity contribution in [2.45, 2.75) is 11.8 Å². The van der Waals surface area contributed by atoms with Gasteiger partial charge in [-0.15, -0.1) is 0 Å². The van der Waals surface area contributed by atoms with Gasteiger partial charge in [-0.05, 0) is 65.4 Å². The van der Waals surface area contributed by atoms with E-state index in [9.17, 15) is 12.8 Å². The summed E-state index contributed by atoms with van der Waals surface area (Å²) < 4.78 is 41.2. The molecule has 2 rings (SSSR count). The Bertz CT molecular complexity index is 812. The van der Waals surface area contributed by atoms with E-state index < -0.39 is 15.8 Å². The van der Waals surface area contributed by atoms with E-state index in [1.54, 1.807) is 18.2 Å². The van der Waals surface area contributed by atoms with Gasteiger partial charge in [-0.3, -0.25) is 4.72 Å². The molecule has 0 amide bonds. The van der Waals surface area contributed by atoms with E-state index in [4.69, 9.17) is 17.3 Å². The van der Waals surface area contributed by atoms with Crippen molar-refractivity contribution >= 4 is 55.6 Å². The van der Waals surface area contributed by atoms with Crippen LogP contribution in [0.2, 0.25) is 5.02 Å². The minimum absolute atomic E-state index is 0.0628. The molecule has 0 heterocycles. The van der Waals surface area contributed by atoms with Crippen LogP contribution in [0.25, 0.3) is 0 Å². The topological polar surface area (TPSA) is 72.2 Å². The van der Waals surface area contributed by atoms with Crippen LogP contribution in [0.1, 0.15) is 5.56 Å². The van der Waals surface area contributed by atoms with Gasteiger partial charge in [-0.2, -0.15) is 0 Å². The third kappa shape index (κ3) is 3.58. The molecule has 2 aromatic carbocycles. The van der Waals surface area contributed by atoms with Crippen molar-refractivity contribution in [1.82, 2.24) is 0 Å². The largest absolute Gasteiger partial charge is 0.396 e. The molecule has 0 aromatic heterocycles. The average molecular weight is 441 g/mol. The van der Waals surface area contributed by atoms with Crippen molar-refractivity contribution in [3.8, 4) is 0 Å². The number of rotatable bonds is 3. The molecule has 0 bridgehead atoms. The van der Waals surface area contributed by atoms with Crippen molar-refractivity contribution in [2.75, 3.05) is 10.5 Å². The molecule has 0 atom stereocenters. The second-order valence-electron chi connectivity index (χ2n) is 4.37. The maximum absolute atomic E-state index is 13.3. The van der Waals surface area contributed by atoms with Crippen molar-refractivity contribution in [2.24, 2.45) is 0 Å². The SMILES string of the molecule is Cc1cc(F)c(N)cc1S(=O)(=O)Nc1ccc(Cl)cc1I. The zero-order valence-electron chi connectivity index (χ0n) is 10.8. The Balaban J connectivity index is 2.46. The van der Waals surface area contributed by atoms with Crippen LogP contribution in [0.5, 0.6) is 0 Å². The van der Waals surface area contributed by atoms with Gasteiger partial charge in [-0.1, -0.05) is 11.6 Å². The van der Waals surface area contributed by atoms with Crippen LogP contribution in [0, 0.1) is 16.3 Å². The molecule has 112 valence electrons. The first-order valence-electron chi connectivity index (χ1n) is 5.74. The number of benzene rings is 2. The van der Waals surface area contributed by atoms with Crippen molar-refractivity contribution in [1.29, 1.82) is 0 Å². The van der Waals surface area contributed by atoms with Crippen LogP contribution in [0.4, 0.5) is 15.8 Å². The molecule has 0 spiro atoms. The number of hydrogen-bond acceptors (Lipinski definition) is 3. The van der Waals surface area contributed by atoms with Gasteiger partial charge in [0.15, 0.2) is 0 Å². The Morgan fingerprint density at radius 3 is 2.57 bits per heavy atom. The second kappa shape index (κ2) is 5.98. The maximum Gasteiger partial charge on any atom is 0.262 e. The van der Waals surface area contributed by atoms with E-state index in [1.807, 2.05) is 22.6 Å². The highest BCUT2D eigenvalue weighted by Gasteiger charge is 2.20. The van der Waals surface area contributed by atoms with E-state index in [-0.39, 0.29) is 16.1 Å². The first-order valence-corrected chi connectivity index (χ1v) is 8.68. The summed E-state index contributed by atoms with van der Waals surface area (Å²) in [7, 11) is -3.86. The molecule has 0 aliphatic rings. The second-order valence-corrected chi connectivity index (χ2v) is 7.62. The fraction of sp³-hybridized carbons (Fsp3) is 0.0769. The number of hydrogen-bond donors (Lipinski definition) is 2. The number of halogens is 3. The van der Waals surface area contributed by atoms with Gasteiger partial charge in [-0.25, -0.2) is 12.8 Å². The highest BCUT2D eigenvalue weighted by atomic mass is 127. The van der Waals surface area contributed by atoms with Gasteiger partial charge >= 0.3 is 0 Å². The van der Waals surface area contributed by atoms with Gasteiger partial charge in [0, 0.05) is 8.59 Å². The molecule has 3 N–H and O–H groups in total. The standard InChI is InChI=1S/C13H11ClFIN2O2S/c1-7-4-9(15)11(17)6-13(7)21(19,20)18-12-3-2-8(14)5-10(12)16/h2-6,18H,17H2,1H3. The number of nitrogen functional groups attached to an aromatic ring is 1. The molecule has 0 saturated carbocycles. The summed E-state index contributed by atoms with van der Waals surface area (Å²) >= 11 is 7.80. The Labute approximate surface area is 140 Å². The lowest BCUT2D eigenvalue weighted by molar-refractivity contribution is 0.599. The minimum Gasteiger partial charge on any atom is -0.396 e. The smallest absolute Gasteiger partial charge is 0.262 e. The molecule has 0 saturated heterocycles. The van der Waals surface area contributed by atoms with Gasteiger partial charge in [0.1, 0.15) is 5.82 Å². The van der Waals surface area contributed by atoms with Gasteiger partial charge < -0.3 is 5.73 Å². The maximum atomic E-state index is 13.3. The van der Waals surface area contributed by atoms with Gasteiger partial charge in [0.2, 0.25) is 0 Å². The predicted octanol–water partition coefficient (Wildman–Crippen LogP) is 3.78. The summed E-state index contributed by atoms with van der Waals surface area (Å²) in [6.07, 6.45) is 0. The molecule has 4 nitrogen and oxygen atoms in total. The van der Waals surface area contributed by atoms with E-state index in [0.717, 1.165) is 12.1 Å². The van der Waals surface area contributed by atoms with Gasteiger partial charge in [0.05, 0.1) is 16.3 Å². The number of anilines is 2. The van der Waals surface area contributed by atoms with E-state index in [1.165, 1.54) is 6.92 Å². The lowest BCUT2D eigenvalue weighted by Crippen LogP contribution is -2.15. The molecular formula is C13H11ClFIN2O2S. The molecule has 0 fully saturated rings. The molecule has 0 aliphatic heterocycles. The summed E-state index contributed by atoms with van der Waals surface area (Å²) in [5.41, 5.74) is 5.89. The van der Waals surface area contributed by atoms with Crippen LogP contribution in [0.15, 0.2) is 35.2 Å². The zero-order valence-corrected chi connectivity index (χ0v) is 14.6. The lowest BCUT2D eigenvalue weighted by Gasteiger charge is -2.13. The normalized spacial score (nSPS) is 11.4. The number of aryl methyl sites for hydroxylation is 1. The third-order valence-corrected chi connectivity index (χ3v) is 5.39. The number of sulfonamides is 1. The Hall–Kier alpha value is -1.06. The summed E-state index contributed by atoms with van der Waals surface area (Å²) in [5.74, 6) is -0.646. The molecule has 21 heavy (non-hydrogen) atoms. The zero-order chi connectivity index (χ0) is 15.8. The molecule has 0 radical (unpaired) electrons. The fourth-order valence-electron chi connectivity index (χ4n) is 1.73. The van der Waals surface area contributed by atoms with Crippen molar-refractivity contribution < 1.29 is 12.8 Å². The summed E-state index contributed by atoms with van der Waals surface area (Å²) in [6.45, 7) is 1.50. The highest BCUT2D eigenvalue weighted by molar-refractivity contribution is 14.1. The molecule has 8 heteroatoms. The molecular weight excluding hydrogens is 430 g/mol. The van der Waals surface area contributed by atoms with Gasteiger partial charge in [0.25, 0.3) is 10.0 Å². The molecule has 2 aromatic rings. The fourth-order valence-corrected chi connectivity index (χ4v) is 4.26. The Morgan fingerprint density at radius 2 is 1.95 bits per heavy atom. The first kappa shape index (κ1) is 16.3. The summed E-state index contributed by atoms with van der Waals surface area (Å²) in [5, 5.41) is 0.504.